The van der Waals surface area contributed by atoms with Gasteiger partial charge in [-0.2, -0.15) is 0 Å². The van der Waals surface area contributed by atoms with Crippen LogP contribution in [0.15, 0.2) is 78.9 Å². The summed E-state index contributed by atoms with van der Waals surface area (Å²) >= 11 is 0. The molecule has 3 aromatic rings. The second kappa shape index (κ2) is 7.25. The summed E-state index contributed by atoms with van der Waals surface area (Å²) in [6.07, 6.45) is 10.8. The molecule has 0 saturated carbocycles. The van der Waals surface area contributed by atoms with Crippen molar-refractivity contribution in [1.82, 2.24) is 15.0 Å². The lowest BCUT2D eigenvalue weighted by atomic mass is 10.1. The van der Waals surface area contributed by atoms with Crippen molar-refractivity contribution in [3.05, 3.63) is 84.7 Å². The fraction of sp³-hybridized carbons (Fsp3) is 0.0455. The summed E-state index contributed by atoms with van der Waals surface area (Å²) in [6, 6.07) is 14.0. The average molecular weight is 355 g/mol. The van der Waals surface area contributed by atoms with E-state index in [9.17, 15) is 10.2 Å². The molecule has 2 aromatic carbocycles. The Hall–Kier alpha value is -3.73. The largest absolute Gasteiger partial charge is 0.508 e. The molecule has 0 fully saturated rings. The Morgan fingerprint density at radius 1 is 0.778 bits per heavy atom. The highest BCUT2D eigenvalue weighted by Gasteiger charge is 2.15. The molecule has 0 atom stereocenters. The number of aromatic hydroxyl groups is 2. The van der Waals surface area contributed by atoms with E-state index in [4.69, 9.17) is 0 Å². The normalized spacial score (nSPS) is 13.3. The molecule has 0 aliphatic heterocycles. The maximum atomic E-state index is 10.3. The Morgan fingerprint density at radius 3 is 2.37 bits per heavy atom. The third kappa shape index (κ3) is 3.62. The number of rotatable bonds is 3. The molecule has 1 aliphatic carbocycles. The third-order valence-corrected chi connectivity index (χ3v) is 4.14. The minimum Gasteiger partial charge on any atom is -0.508 e. The van der Waals surface area contributed by atoms with Crippen molar-refractivity contribution in [3.63, 3.8) is 0 Å². The SMILES string of the molecule is Oc1ccc(-c2nc(C3=CCC=CC=C3)nc(-c3ccccc3)n2)c(O)c1. The highest BCUT2D eigenvalue weighted by Crippen LogP contribution is 2.31. The molecule has 2 N–H and O–H groups in total. The molecule has 0 saturated heterocycles. The van der Waals surface area contributed by atoms with E-state index in [1.165, 1.54) is 12.1 Å². The lowest BCUT2D eigenvalue weighted by Crippen LogP contribution is -2.02. The zero-order valence-electron chi connectivity index (χ0n) is 14.4. The molecule has 0 radical (unpaired) electrons. The first kappa shape index (κ1) is 16.7. The van der Waals surface area contributed by atoms with Crippen LogP contribution < -0.4 is 0 Å². The number of phenolic OH excluding ortho intramolecular Hbond substituents is 2. The lowest BCUT2D eigenvalue weighted by Gasteiger charge is -2.09. The van der Waals surface area contributed by atoms with Crippen LogP contribution in [0.4, 0.5) is 0 Å². The molecule has 1 heterocycles. The summed E-state index contributed by atoms with van der Waals surface area (Å²) in [7, 11) is 0. The number of hydrogen-bond donors (Lipinski definition) is 2. The van der Waals surface area contributed by atoms with Gasteiger partial charge in [0.2, 0.25) is 0 Å². The van der Waals surface area contributed by atoms with Crippen molar-refractivity contribution in [2.45, 2.75) is 6.42 Å². The highest BCUT2D eigenvalue weighted by atomic mass is 16.3. The van der Waals surface area contributed by atoms with Crippen molar-refractivity contribution in [2.75, 3.05) is 0 Å². The Labute approximate surface area is 156 Å². The van der Waals surface area contributed by atoms with Crippen LogP contribution in [0, 0.1) is 0 Å². The van der Waals surface area contributed by atoms with E-state index in [-0.39, 0.29) is 11.5 Å². The minimum atomic E-state index is -0.0850. The second-order valence-electron chi connectivity index (χ2n) is 6.06. The van der Waals surface area contributed by atoms with Crippen LogP contribution in [0.5, 0.6) is 11.5 Å². The number of nitrogens with zero attached hydrogens (tertiary/aromatic N) is 3. The van der Waals surface area contributed by atoms with Gasteiger partial charge in [0.1, 0.15) is 11.5 Å². The minimum absolute atomic E-state index is 0.0192. The van der Waals surface area contributed by atoms with Gasteiger partial charge in [-0.25, -0.2) is 15.0 Å². The van der Waals surface area contributed by atoms with Gasteiger partial charge in [0.25, 0.3) is 0 Å². The Balaban J connectivity index is 1.90. The van der Waals surface area contributed by atoms with Crippen LogP contribution in [0.3, 0.4) is 0 Å². The number of phenols is 2. The van der Waals surface area contributed by atoms with Gasteiger partial charge in [-0.15, -0.1) is 0 Å². The topological polar surface area (TPSA) is 79.1 Å². The molecule has 132 valence electrons. The first-order valence-electron chi connectivity index (χ1n) is 8.58. The van der Waals surface area contributed by atoms with Gasteiger partial charge in [0, 0.05) is 17.2 Å². The number of allylic oxidation sites excluding steroid dienone is 6. The number of benzene rings is 2. The zero-order chi connectivity index (χ0) is 18.6. The average Bonchev–Trinajstić information content (AvgIpc) is 2.98. The van der Waals surface area contributed by atoms with Crippen LogP contribution >= 0.6 is 0 Å². The van der Waals surface area contributed by atoms with Crippen molar-refractivity contribution in [2.24, 2.45) is 0 Å². The van der Waals surface area contributed by atoms with Crippen LogP contribution in [-0.2, 0) is 0 Å². The fourth-order valence-electron chi connectivity index (χ4n) is 2.80. The molecule has 0 unspecified atom stereocenters. The summed E-state index contributed by atoms with van der Waals surface area (Å²) < 4.78 is 0. The molecule has 27 heavy (non-hydrogen) atoms. The quantitative estimate of drug-likeness (QED) is 0.722. The number of hydrogen-bond acceptors (Lipinski definition) is 5. The Bertz CT molecular complexity index is 1070. The van der Waals surface area contributed by atoms with Gasteiger partial charge in [0.05, 0.1) is 5.56 Å². The molecular weight excluding hydrogens is 338 g/mol. The predicted molar refractivity (Wildman–Crippen MR) is 105 cm³/mol. The fourth-order valence-corrected chi connectivity index (χ4v) is 2.80. The molecule has 4 rings (SSSR count). The van der Waals surface area contributed by atoms with E-state index in [0.717, 1.165) is 17.6 Å². The van der Waals surface area contributed by atoms with Gasteiger partial charge in [-0.1, -0.05) is 60.7 Å². The standard InChI is InChI=1S/C22H17N3O2/c26-17-12-13-18(19(27)14-17)22-24-20(15-8-4-1-2-5-9-15)23-21(25-22)16-10-6-3-7-11-16/h1-4,6-14,26-27H,5H2. The zero-order valence-corrected chi connectivity index (χ0v) is 14.4. The smallest absolute Gasteiger partial charge is 0.167 e. The highest BCUT2D eigenvalue weighted by molar-refractivity contribution is 5.74. The molecule has 0 bridgehead atoms. The molecular formula is C22H17N3O2. The second-order valence-corrected chi connectivity index (χ2v) is 6.06. The van der Waals surface area contributed by atoms with Gasteiger partial charge >= 0.3 is 0 Å². The van der Waals surface area contributed by atoms with Crippen LogP contribution in [0.2, 0.25) is 0 Å². The van der Waals surface area contributed by atoms with E-state index in [2.05, 4.69) is 21.0 Å². The van der Waals surface area contributed by atoms with Gasteiger partial charge in [-0.05, 0) is 18.6 Å². The summed E-state index contributed by atoms with van der Waals surface area (Å²) in [5.41, 5.74) is 2.18. The van der Waals surface area contributed by atoms with Crippen LogP contribution in [0.25, 0.3) is 28.3 Å². The first-order chi connectivity index (χ1) is 13.2. The maximum Gasteiger partial charge on any atom is 0.167 e. The molecule has 5 heteroatoms. The molecule has 0 spiro atoms. The van der Waals surface area contributed by atoms with Crippen molar-refractivity contribution in [1.29, 1.82) is 0 Å². The van der Waals surface area contributed by atoms with E-state index in [0.29, 0.717) is 23.0 Å². The summed E-state index contributed by atoms with van der Waals surface area (Å²) in [6.45, 7) is 0. The molecule has 0 amide bonds. The van der Waals surface area contributed by atoms with E-state index < -0.39 is 0 Å². The Kier molecular flexibility index (Phi) is 4.49. The van der Waals surface area contributed by atoms with Gasteiger partial charge in [-0.3, -0.25) is 0 Å². The summed E-state index contributed by atoms with van der Waals surface area (Å²) in [5, 5.41) is 19.8. The molecule has 1 aromatic heterocycles. The van der Waals surface area contributed by atoms with Crippen molar-refractivity contribution >= 4 is 5.57 Å². The summed E-state index contributed by atoms with van der Waals surface area (Å²) in [5.74, 6) is 1.30. The summed E-state index contributed by atoms with van der Waals surface area (Å²) in [4.78, 5) is 13.8. The van der Waals surface area contributed by atoms with Crippen LogP contribution in [-0.4, -0.2) is 25.2 Å². The van der Waals surface area contributed by atoms with E-state index in [1.807, 2.05) is 54.6 Å². The molecule has 1 aliphatic rings. The van der Waals surface area contributed by atoms with Gasteiger partial charge in [0.15, 0.2) is 17.5 Å². The van der Waals surface area contributed by atoms with Crippen LogP contribution in [0.1, 0.15) is 12.2 Å². The lowest BCUT2D eigenvalue weighted by molar-refractivity contribution is 0.451. The monoisotopic (exact) mass is 355 g/mol. The maximum absolute atomic E-state index is 10.3. The Morgan fingerprint density at radius 2 is 1.56 bits per heavy atom. The predicted octanol–water partition coefficient (Wildman–Crippen LogP) is 4.52. The number of aromatic nitrogens is 3. The van der Waals surface area contributed by atoms with E-state index in [1.54, 1.807) is 6.07 Å². The van der Waals surface area contributed by atoms with Crippen molar-refractivity contribution < 1.29 is 10.2 Å². The molecule has 5 nitrogen and oxygen atoms in total. The first-order valence-corrected chi connectivity index (χ1v) is 8.58. The van der Waals surface area contributed by atoms with Crippen molar-refractivity contribution in [3.8, 4) is 34.3 Å². The third-order valence-electron chi connectivity index (χ3n) is 4.14. The van der Waals surface area contributed by atoms with Gasteiger partial charge < -0.3 is 10.2 Å². The van der Waals surface area contributed by atoms with E-state index >= 15 is 0 Å².